The van der Waals surface area contributed by atoms with Gasteiger partial charge in [0, 0.05) is 24.5 Å². The number of halogens is 1. The van der Waals surface area contributed by atoms with Crippen molar-refractivity contribution in [1.29, 1.82) is 0 Å². The number of nitrogens with one attached hydrogen (secondary N) is 1. The Morgan fingerprint density at radius 1 is 1.48 bits per heavy atom. The topological polar surface area (TPSA) is 88.7 Å². The molecule has 0 bridgehead atoms. The van der Waals surface area contributed by atoms with Gasteiger partial charge < -0.3 is 15.4 Å². The molecule has 1 aromatic rings. The number of hydrogen-bond donors (Lipinski definition) is 2. The third-order valence-corrected chi connectivity index (χ3v) is 6.64. The summed E-state index contributed by atoms with van der Waals surface area (Å²) < 4.78 is 11.0. The van der Waals surface area contributed by atoms with Crippen molar-refractivity contribution in [2.24, 2.45) is 14.4 Å². The van der Waals surface area contributed by atoms with Gasteiger partial charge in [-0.05, 0) is 19.8 Å². The summed E-state index contributed by atoms with van der Waals surface area (Å²) >= 11 is -0.344. The first-order valence-electron chi connectivity index (χ1n) is 7.27. The summed E-state index contributed by atoms with van der Waals surface area (Å²) in [6.07, 6.45) is 4.17. The average Bonchev–Trinajstić information content (AvgIpc) is 3.09. The minimum atomic E-state index is -0.344. The molecule has 3 N–H and O–H groups in total. The summed E-state index contributed by atoms with van der Waals surface area (Å²) in [6, 6.07) is 0.149. The molecule has 4 rings (SSSR count). The van der Waals surface area contributed by atoms with E-state index in [0.29, 0.717) is 0 Å². The highest BCUT2D eigenvalue weighted by molar-refractivity contribution is 14.2. The van der Waals surface area contributed by atoms with Gasteiger partial charge in [0.2, 0.25) is 0 Å². The fourth-order valence-corrected chi connectivity index (χ4v) is 4.72. The summed E-state index contributed by atoms with van der Waals surface area (Å²) in [5, 5.41) is 0. The fourth-order valence-electron chi connectivity index (χ4n) is 3.41. The van der Waals surface area contributed by atoms with E-state index in [4.69, 9.17) is 10.5 Å². The molecule has 21 heavy (non-hydrogen) atoms. The number of rotatable bonds is 1. The zero-order valence-corrected chi connectivity index (χ0v) is 14.1. The van der Waals surface area contributed by atoms with E-state index in [-0.39, 0.29) is 38.6 Å². The van der Waals surface area contributed by atoms with Crippen molar-refractivity contribution in [3.63, 3.8) is 0 Å². The van der Waals surface area contributed by atoms with Gasteiger partial charge in [-0.3, -0.25) is 5.43 Å². The van der Waals surface area contributed by atoms with E-state index in [0.717, 1.165) is 47.9 Å². The van der Waals surface area contributed by atoms with Crippen molar-refractivity contribution >= 4 is 32.7 Å². The van der Waals surface area contributed by atoms with Crippen molar-refractivity contribution in [2.45, 2.75) is 31.9 Å². The number of nitrogens with zero attached hydrogens (tertiary/aromatic N) is 4. The second-order valence-corrected chi connectivity index (χ2v) is 8.03. The smallest absolute Gasteiger partial charge is 0.182 e. The lowest BCUT2D eigenvalue weighted by molar-refractivity contribution is 0.0974. The van der Waals surface area contributed by atoms with Crippen LogP contribution in [0.25, 0.3) is 0 Å². The quantitative estimate of drug-likeness (QED) is 0.692. The van der Waals surface area contributed by atoms with Gasteiger partial charge in [-0.25, -0.2) is 9.97 Å². The van der Waals surface area contributed by atoms with Gasteiger partial charge >= 0.3 is 0 Å². The monoisotopic (exact) mass is 402 g/mol. The molecule has 7 nitrogen and oxygen atoms in total. The van der Waals surface area contributed by atoms with Crippen LogP contribution >= 0.6 is 21.0 Å². The predicted molar refractivity (Wildman–Crippen MR) is 88.1 cm³/mol. The van der Waals surface area contributed by atoms with Crippen molar-refractivity contribution < 1.29 is 4.74 Å². The van der Waals surface area contributed by atoms with E-state index < -0.39 is 0 Å². The molecule has 0 radical (unpaired) electrons. The molecular formula is C13H19IN6O. The first kappa shape index (κ1) is 13.8. The van der Waals surface area contributed by atoms with Crippen LogP contribution in [0.2, 0.25) is 0 Å². The summed E-state index contributed by atoms with van der Waals surface area (Å²) in [4.78, 5) is 11.4. The van der Waals surface area contributed by atoms with Crippen LogP contribution in [0.4, 0.5) is 11.6 Å². The molecule has 1 aromatic heterocycles. The molecule has 2 saturated heterocycles. The molecule has 0 aromatic carbocycles. The van der Waals surface area contributed by atoms with Crippen LogP contribution < -0.4 is 16.1 Å². The van der Waals surface area contributed by atoms with Gasteiger partial charge in [-0.15, -0.1) is 3.25 Å². The van der Waals surface area contributed by atoms with Crippen LogP contribution in [0.5, 0.6) is 0 Å². The van der Waals surface area contributed by atoms with Gasteiger partial charge in [-0.1, -0.05) is 0 Å². The molecule has 1 spiro atoms. The first-order chi connectivity index (χ1) is 10.2. The van der Waals surface area contributed by atoms with Crippen LogP contribution in [0.1, 0.15) is 19.8 Å². The third kappa shape index (κ3) is 2.23. The van der Waals surface area contributed by atoms with E-state index in [9.17, 15) is 0 Å². The molecule has 3 aliphatic rings. The molecule has 2 atom stereocenters. The summed E-state index contributed by atoms with van der Waals surface area (Å²) in [6.45, 7) is 4.80. The van der Waals surface area contributed by atoms with Crippen LogP contribution in [-0.4, -0.2) is 41.8 Å². The Morgan fingerprint density at radius 2 is 2.29 bits per heavy atom. The van der Waals surface area contributed by atoms with E-state index in [1.807, 2.05) is 6.20 Å². The van der Waals surface area contributed by atoms with E-state index in [2.05, 4.69) is 30.5 Å². The summed E-state index contributed by atoms with van der Waals surface area (Å²) in [5.41, 5.74) is 9.48. The van der Waals surface area contributed by atoms with E-state index in [1.54, 1.807) is 0 Å². The highest BCUT2D eigenvalue weighted by atomic mass is 127. The number of nitrogens with two attached hydrogens (primary N) is 1. The molecule has 0 saturated carbocycles. The Kier molecular flexibility index (Phi) is 3.34. The van der Waals surface area contributed by atoms with Crippen LogP contribution in [0, 0.1) is 9.12 Å². The number of hydrogen-bond acceptors (Lipinski definition) is 7. The highest BCUT2D eigenvalue weighted by Gasteiger charge is 2.47. The minimum absolute atomic E-state index is 0.149. The largest absolute Gasteiger partial charge is 0.376 e. The van der Waals surface area contributed by atoms with Crippen LogP contribution in [0.15, 0.2) is 9.45 Å². The minimum Gasteiger partial charge on any atom is -0.376 e. The number of piperidine rings is 1. The van der Waals surface area contributed by atoms with Crippen LogP contribution in [-0.2, 0) is 4.74 Å². The maximum Gasteiger partial charge on any atom is 0.182 e. The highest BCUT2D eigenvalue weighted by Crippen LogP contribution is 2.42. The fraction of sp³-hybridized carbons (Fsp3) is 0.692. The Balaban J connectivity index is 1.48. The molecule has 8 heteroatoms. The Labute approximate surface area is 133 Å². The number of aromatic nitrogens is 2. The van der Waals surface area contributed by atoms with Gasteiger partial charge in [0.15, 0.2) is 9.52 Å². The first-order valence-corrected chi connectivity index (χ1v) is 9.32. The maximum atomic E-state index is 6.36. The van der Waals surface area contributed by atoms with Crippen molar-refractivity contribution in [2.75, 3.05) is 30.0 Å². The Hall–Kier alpha value is -0.870. The average molecular weight is 402 g/mol. The zero-order valence-electron chi connectivity index (χ0n) is 11.9. The second kappa shape index (κ2) is 5.10. The second-order valence-electron chi connectivity index (χ2n) is 6.04. The molecule has 3 aliphatic heterocycles. The van der Waals surface area contributed by atoms with E-state index >= 15 is 0 Å². The zero-order chi connectivity index (χ0) is 14.4. The Morgan fingerprint density at radius 3 is 3.00 bits per heavy atom. The van der Waals surface area contributed by atoms with Crippen molar-refractivity contribution in [1.82, 2.24) is 9.97 Å². The van der Waals surface area contributed by atoms with Crippen molar-refractivity contribution in [3.05, 3.63) is 9.90 Å². The lowest BCUT2D eigenvalue weighted by Crippen LogP contribution is -2.50. The summed E-state index contributed by atoms with van der Waals surface area (Å²) in [5.74, 6) is 1.79. The van der Waals surface area contributed by atoms with E-state index in [1.165, 1.54) is 0 Å². The third-order valence-electron chi connectivity index (χ3n) is 4.92. The molecular weight excluding hydrogens is 383 g/mol. The predicted octanol–water partition coefficient (Wildman–Crippen LogP) is 1.47. The number of ether oxygens (including phenoxy) is 1. The van der Waals surface area contributed by atoms with Gasteiger partial charge in [0.05, 0.1) is 39.9 Å². The lowest BCUT2D eigenvalue weighted by Gasteiger charge is -2.41. The molecule has 114 valence electrons. The van der Waals surface area contributed by atoms with Gasteiger partial charge in [0.1, 0.15) is 5.82 Å². The molecule has 0 aliphatic carbocycles. The molecule has 2 fully saturated rings. The molecule has 0 amide bonds. The number of fused-ring (bicyclic) bond motifs is 1. The molecule has 0 unspecified atom stereocenters. The lowest BCUT2D eigenvalue weighted by atomic mass is 9.73. The SMILES string of the molecule is C[C@@H]1OCC2(CCN(c3cnc4c(n3)NN=I4)CC2)[C@@H]1N. The van der Waals surface area contributed by atoms with Crippen LogP contribution in [0.3, 0.4) is 0 Å². The maximum absolute atomic E-state index is 6.36. The van der Waals surface area contributed by atoms with Crippen molar-refractivity contribution in [3.8, 4) is 0 Å². The number of anilines is 2. The van der Waals surface area contributed by atoms with Gasteiger partial charge in [0.25, 0.3) is 0 Å². The summed E-state index contributed by atoms with van der Waals surface area (Å²) in [7, 11) is 0. The Bertz CT molecular complexity index is 586. The standard InChI is InChI=1S/C13H19IN6O/c1-8-10(15)13(7-21-8)2-4-20(5-3-13)9-6-16-11-12(17-9)18-19-14-11/h6,8,10H,2-5,7,15H2,1H3,(H,17,18)/t8-,10+/m0/s1. The molecule has 4 heterocycles. The van der Waals surface area contributed by atoms with Gasteiger partial charge in [-0.2, -0.15) is 0 Å². The normalized spacial score (nSPS) is 30.1.